The molecule has 2 aromatic rings. The second-order valence-electron chi connectivity index (χ2n) is 7.32. The molecule has 6 nitrogen and oxygen atoms in total. The number of benzene rings is 1. The lowest BCUT2D eigenvalue weighted by Crippen LogP contribution is -2.41. The average molecular weight is 385 g/mol. The maximum absolute atomic E-state index is 12.3. The molecule has 27 heavy (non-hydrogen) atoms. The number of hydrogen-bond acceptors (Lipinski definition) is 5. The monoisotopic (exact) mass is 384 g/mol. The maximum Gasteiger partial charge on any atom is 0.225 e. The highest BCUT2D eigenvalue weighted by Gasteiger charge is 2.45. The molecule has 2 heterocycles. The lowest BCUT2D eigenvalue weighted by Gasteiger charge is -2.11. The van der Waals surface area contributed by atoms with E-state index in [0.29, 0.717) is 17.3 Å². The van der Waals surface area contributed by atoms with Crippen molar-refractivity contribution in [1.82, 2.24) is 15.8 Å². The first-order chi connectivity index (χ1) is 12.9. The van der Waals surface area contributed by atoms with Crippen molar-refractivity contribution in [2.45, 2.75) is 32.4 Å². The summed E-state index contributed by atoms with van der Waals surface area (Å²) in [6, 6.07) is 9.50. The van der Waals surface area contributed by atoms with Crippen LogP contribution in [0.4, 0.5) is 5.82 Å². The molecule has 4 N–H and O–H groups in total. The smallest absolute Gasteiger partial charge is 0.225 e. The van der Waals surface area contributed by atoms with Crippen LogP contribution < -0.4 is 16.5 Å². The number of hydroxylamine groups is 1. The molecule has 1 aliphatic heterocycles. The Balaban J connectivity index is 1.36. The number of anilines is 1. The highest BCUT2D eigenvalue weighted by molar-refractivity contribution is 6.33. The number of carbonyl (C=O) groups excluding carboxylic acids is 1. The van der Waals surface area contributed by atoms with Crippen LogP contribution in [-0.4, -0.2) is 17.1 Å². The summed E-state index contributed by atoms with van der Waals surface area (Å²) < 4.78 is 0. The molecule has 1 unspecified atom stereocenters. The van der Waals surface area contributed by atoms with E-state index >= 15 is 0 Å². The lowest BCUT2D eigenvalue weighted by atomic mass is 10.0. The molecule has 0 saturated heterocycles. The first kappa shape index (κ1) is 17.8. The van der Waals surface area contributed by atoms with Gasteiger partial charge in [0.25, 0.3) is 0 Å². The molecular formula is C20H21ClN4O2. The number of nitrogen functional groups attached to an aromatic ring is 1. The number of nitrogens with zero attached hydrogens (tertiary/aromatic N) is 1. The van der Waals surface area contributed by atoms with Crippen molar-refractivity contribution in [2.24, 2.45) is 5.41 Å². The third-order valence-corrected chi connectivity index (χ3v) is 5.35. The summed E-state index contributed by atoms with van der Waals surface area (Å²) in [7, 11) is 0. The van der Waals surface area contributed by atoms with Gasteiger partial charge in [-0.1, -0.05) is 42.8 Å². The Bertz CT molecular complexity index is 907. The number of carbonyl (C=O) groups is 1. The first-order valence-corrected chi connectivity index (χ1v) is 9.25. The van der Waals surface area contributed by atoms with E-state index in [0.717, 1.165) is 35.3 Å². The van der Waals surface area contributed by atoms with Crippen molar-refractivity contribution in [2.75, 3.05) is 5.73 Å². The Labute approximate surface area is 162 Å². The number of nitrogens with two attached hydrogens (primary N) is 1. The van der Waals surface area contributed by atoms with Gasteiger partial charge in [0.1, 0.15) is 17.7 Å². The number of aromatic nitrogens is 1. The van der Waals surface area contributed by atoms with E-state index in [1.54, 1.807) is 12.3 Å². The summed E-state index contributed by atoms with van der Waals surface area (Å²) in [5.41, 5.74) is 11.4. The summed E-state index contributed by atoms with van der Waals surface area (Å²) in [5.74, 6) is 1.17. The molecule has 1 aromatic carbocycles. The zero-order valence-corrected chi connectivity index (χ0v) is 15.7. The predicted molar refractivity (Wildman–Crippen MR) is 104 cm³/mol. The van der Waals surface area contributed by atoms with Gasteiger partial charge in [0.05, 0.1) is 11.4 Å². The van der Waals surface area contributed by atoms with Gasteiger partial charge >= 0.3 is 0 Å². The Morgan fingerprint density at radius 1 is 1.37 bits per heavy atom. The standard InChI is InChI=1S/C20H21ClN4O2/c1-20(6-7-20)16-10-17(25-27-16)24-18(26)8-12-2-4-13(5-3-12)14-9-15(21)19(22)23-11-14/h2-5,9-11,17,25H,6-8H2,1H3,(H2,22,23)(H,24,26). The Hall–Kier alpha value is -2.57. The molecule has 0 radical (unpaired) electrons. The number of rotatable bonds is 5. The third kappa shape index (κ3) is 3.91. The fraction of sp³-hybridized carbons (Fsp3) is 0.300. The molecule has 1 aliphatic carbocycles. The topological polar surface area (TPSA) is 89.3 Å². The van der Waals surface area contributed by atoms with E-state index < -0.39 is 0 Å². The van der Waals surface area contributed by atoms with Crippen LogP contribution in [0.3, 0.4) is 0 Å². The fourth-order valence-corrected chi connectivity index (χ4v) is 3.17. The molecule has 4 rings (SSSR count). The van der Waals surface area contributed by atoms with Gasteiger partial charge in [-0.2, -0.15) is 0 Å². The number of amides is 1. The molecular weight excluding hydrogens is 364 g/mol. The molecule has 1 atom stereocenters. The van der Waals surface area contributed by atoms with Crippen LogP contribution in [0, 0.1) is 5.41 Å². The van der Waals surface area contributed by atoms with E-state index in [1.165, 1.54) is 0 Å². The van der Waals surface area contributed by atoms with Crippen LogP contribution in [-0.2, 0) is 16.1 Å². The molecule has 2 aliphatic rings. The summed E-state index contributed by atoms with van der Waals surface area (Å²) in [5, 5.41) is 3.35. The van der Waals surface area contributed by atoms with Gasteiger partial charge < -0.3 is 15.9 Å². The highest BCUT2D eigenvalue weighted by Crippen LogP contribution is 2.52. The van der Waals surface area contributed by atoms with Crippen LogP contribution in [0.5, 0.6) is 0 Å². The van der Waals surface area contributed by atoms with E-state index in [2.05, 4.69) is 22.7 Å². The van der Waals surface area contributed by atoms with Gasteiger partial charge in [-0.25, -0.2) is 4.98 Å². The Kier molecular flexibility index (Phi) is 4.53. The van der Waals surface area contributed by atoms with Crippen molar-refractivity contribution in [3.63, 3.8) is 0 Å². The minimum Gasteiger partial charge on any atom is -0.410 e. The molecule has 1 aromatic heterocycles. The summed E-state index contributed by atoms with van der Waals surface area (Å²) in [4.78, 5) is 21.9. The number of halogens is 1. The first-order valence-electron chi connectivity index (χ1n) is 8.87. The van der Waals surface area contributed by atoms with Gasteiger partial charge in [0, 0.05) is 17.2 Å². The summed E-state index contributed by atoms with van der Waals surface area (Å²) >= 11 is 6.03. The van der Waals surface area contributed by atoms with Crippen molar-refractivity contribution in [1.29, 1.82) is 0 Å². The zero-order valence-electron chi connectivity index (χ0n) is 15.0. The van der Waals surface area contributed by atoms with Crippen molar-refractivity contribution in [3.05, 3.63) is 58.9 Å². The van der Waals surface area contributed by atoms with Crippen LogP contribution in [0.2, 0.25) is 5.02 Å². The number of pyridine rings is 1. The van der Waals surface area contributed by atoms with Gasteiger partial charge in [-0.15, -0.1) is 5.48 Å². The Morgan fingerprint density at radius 2 is 2.11 bits per heavy atom. The summed E-state index contributed by atoms with van der Waals surface area (Å²) in [6.07, 6.45) is 5.89. The molecule has 1 saturated carbocycles. The number of nitrogens with one attached hydrogen (secondary N) is 2. The fourth-order valence-electron chi connectivity index (χ4n) is 3.01. The largest absolute Gasteiger partial charge is 0.410 e. The molecule has 0 bridgehead atoms. The SMILES string of the molecule is CC1(C2=CC(NC(=O)Cc3ccc(-c4cnc(N)c(Cl)c4)cc3)NO2)CC1. The highest BCUT2D eigenvalue weighted by atomic mass is 35.5. The molecule has 1 fully saturated rings. The van der Waals surface area contributed by atoms with Gasteiger partial charge in [0.2, 0.25) is 5.91 Å². The van der Waals surface area contributed by atoms with Crippen molar-refractivity contribution < 1.29 is 9.63 Å². The van der Waals surface area contributed by atoms with Crippen LogP contribution >= 0.6 is 11.6 Å². The molecule has 0 spiro atoms. The van der Waals surface area contributed by atoms with Gasteiger partial charge in [-0.3, -0.25) is 4.79 Å². The van der Waals surface area contributed by atoms with Crippen LogP contribution in [0.15, 0.2) is 48.4 Å². The van der Waals surface area contributed by atoms with Crippen molar-refractivity contribution >= 4 is 23.3 Å². The van der Waals surface area contributed by atoms with Gasteiger partial charge in [0.15, 0.2) is 0 Å². The minimum absolute atomic E-state index is 0.0699. The zero-order chi connectivity index (χ0) is 19.0. The van der Waals surface area contributed by atoms with E-state index in [-0.39, 0.29) is 17.5 Å². The quantitative estimate of drug-likeness (QED) is 0.736. The van der Waals surface area contributed by atoms with Crippen LogP contribution in [0.25, 0.3) is 11.1 Å². The predicted octanol–water partition coefficient (Wildman–Crippen LogP) is 3.19. The molecule has 1 amide bonds. The summed E-state index contributed by atoms with van der Waals surface area (Å²) in [6.45, 7) is 2.16. The number of hydrogen-bond donors (Lipinski definition) is 3. The second kappa shape index (κ2) is 6.87. The average Bonchev–Trinajstić information content (AvgIpc) is 3.22. The normalized spacial score (nSPS) is 19.9. The maximum atomic E-state index is 12.3. The van der Waals surface area contributed by atoms with Crippen LogP contribution in [0.1, 0.15) is 25.3 Å². The van der Waals surface area contributed by atoms with Crippen molar-refractivity contribution in [3.8, 4) is 11.1 Å². The lowest BCUT2D eigenvalue weighted by molar-refractivity contribution is -0.121. The molecule has 7 heteroatoms. The van der Waals surface area contributed by atoms with E-state index in [4.69, 9.17) is 22.2 Å². The minimum atomic E-state index is -0.285. The van der Waals surface area contributed by atoms with E-state index in [9.17, 15) is 4.79 Å². The Morgan fingerprint density at radius 3 is 2.78 bits per heavy atom. The number of allylic oxidation sites excluding steroid dienone is 1. The van der Waals surface area contributed by atoms with Gasteiger partial charge in [-0.05, 0) is 36.1 Å². The second-order valence-corrected chi connectivity index (χ2v) is 7.73. The third-order valence-electron chi connectivity index (χ3n) is 5.05. The molecule has 140 valence electrons. The van der Waals surface area contributed by atoms with E-state index in [1.807, 2.05) is 30.3 Å².